The minimum atomic E-state index is -0.219. The van der Waals surface area contributed by atoms with Gasteiger partial charge in [-0.15, -0.1) is 0 Å². The van der Waals surface area contributed by atoms with Crippen molar-refractivity contribution in [3.8, 4) is 0 Å². The molecular weight excluding hydrogens is 278 g/mol. The molecule has 1 saturated carbocycles. The van der Waals surface area contributed by atoms with Crippen LogP contribution in [0.25, 0.3) is 10.8 Å². The molecule has 1 heterocycles. The first kappa shape index (κ1) is 14.8. The Morgan fingerprint density at radius 3 is 2.55 bits per heavy atom. The first-order valence-corrected chi connectivity index (χ1v) is 8.00. The molecule has 116 valence electrons. The van der Waals surface area contributed by atoms with Crippen molar-refractivity contribution in [3.63, 3.8) is 0 Å². The number of aromatic nitrogens is 2. The van der Waals surface area contributed by atoms with Crippen LogP contribution in [0.5, 0.6) is 0 Å². The predicted molar refractivity (Wildman–Crippen MR) is 85.7 cm³/mol. The molecule has 5 nitrogen and oxygen atoms in total. The fourth-order valence-corrected chi connectivity index (χ4v) is 3.16. The summed E-state index contributed by atoms with van der Waals surface area (Å²) in [6.45, 7) is 0. The van der Waals surface area contributed by atoms with E-state index in [1.54, 1.807) is 6.07 Å². The van der Waals surface area contributed by atoms with Crippen LogP contribution in [-0.4, -0.2) is 22.1 Å². The van der Waals surface area contributed by atoms with Gasteiger partial charge in [-0.1, -0.05) is 43.9 Å². The van der Waals surface area contributed by atoms with Crippen LogP contribution in [0, 0.1) is 0 Å². The number of fused-ring (bicyclic) bond motifs is 1. The van der Waals surface area contributed by atoms with Gasteiger partial charge in [-0.2, -0.15) is 5.10 Å². The molecule has 1 fully saturated rings. The lowest BCUT2D eigenvalue weighted by Crippen LogP contribution is -2.35. The third kappa shape index (κ3) is 3.35. The third-order valence-electron chi connectivity index (χ3n) is 4.32. The molecule has 1 amide bonds. The molecule has 0 radical (unpaired) electrons. The molecule has 0 bridgehead atoms. The van der Waals surface area contributed by atoms with Crippen LogP contribution in [0.3, 0.4) is 0 Å². The molecule has 22 heavy (non-hydrogen) atoms. The molecule has 0 saturated heterocycles. The van der Waals surface area contributed by atoms with Gasteiger partial charge in [0.1, 0.15) is 0 Å². The van der Waals surface area contributed by atoms with Crippen molar-refractivity contribution in [3.05, 3.63) is 40.3 Å². The Bertz CT molecular complexity index is 715. The van der Waals surface area contributed by atoms with E-state index in [0.29, 0.717) is 11.1 Å². The van der Waals surface area contributed by atoms with Gasteiger partial charge >= 0.3 is 0 Å². The highest BCUT2D eigenvalue weighted by Crippen LogP contribution is 2.18. The first-order chi connectivity index (χ1) is 10.7. The number of hydrogen-bond donors (Lipinski definition) is 2. The van der Waals surface area contributed by atoms with Crippen molar-refractivity contribution < 1.29 is 4.79 Å². The zero-order valence-corrected chi connectivity index (χ0v) is 12.6. The van der Waals surface area contributed by atoms with E-state index in [1.807, 2.05) is 18.2 Å². The fourth-order valence-electron chi connectivity index (χ4n) is 3.16. The van der Waals surface area contributed by atoms with E-state index in [9.17, 15) is 9.59 Å². The number of aromatic amines is 1. The number of nitrogens with one attached hydrogen (secondary N) is 2. The Labute approximate surface area is 129 Å². The standard InChI is InChI=1S/C17H21N3O2/c21-16(18-12-7-3-1-2-4-8-12)11-15-13-9-5-6-10-14(13)17(22)20-19-15/h5-6,9-10,12H,1-4,7-8,11H2,(H,18,21)(H,20,22). The van der Waals surface area contributed by atoms with Crippen molar-refractivity contribution in [1.29, 1.82) is 0 Å². The highest BCUT2D eigenvalue weighted by molar-refractivity contribution is 5.88. The molecule has 1 aliphatic rings. The number of amides is 1. The largest absolute Gasteiger partial charge is 0.353 e. The Hall–Kier alpha value is -2.17. The van der Waals surface area contributed by atoms with Gasteiger partial charge in [0.05, 0.1) is 17.5 Å². The molecule has 0 aliphatic heterocycles. The Morgan fingerprint density at radius 1 is 1.14 bits per heavy atom. The summed E-state index contributed by atoms with van der Waals surface area (Å²) < 4.78 is 0. The second kappa shape index (κ2) is 6.73. The second-order valence-electron chi connectivity index (χ2n) is 5.98. The minimum Gasteiger partial charge on any atom is -0.353 e. The lowest BCUT2D eigenvalue weighted by atomic mass is 10.1. The van der Waals surface area contributed by atoms with Gasteiger partial charge in [0, 0.05) is 11.4 Å². The summed E-state index contributed by atoms with van der Waals surface area (Å²) in [4.78, 5) is 24.0. The number of nitrogens with zero attached hydrogens (tertiary/aromatic N) is 1. The molecule has 3 rings (SSSR count). The highest BCUT2D eigenvalue weighted by atomic mass is 16.1. The average molecular weight is 299 g/mol. The molecule has 0 unspecified atom stereocenters. The number of carbonyl (C=O) groups is 1. The van der Waals surface area contributed by atoms with Gasteiger partial charge in [0.25, 0.3) is 5.56 Å². The van der Waals surface area contributed by atoms with E-state index in [4.69, 9.17) is 0 Å². The zero-order chi connectivity index (χ0) is 15.4. The maximum absolute atomic E-state index is 12.3. The van der Waals surface area contributed by atoms with E-state index in [1.165, 1.54) is 25.7 Å². The van der Waals surface area contributed by atoms with Crippen molar-refractivity contribution in [2.75, 3.05) is 0 Å². The monoisotopic (exact) mass is 299 g/mol. The number of hydrogen-bond acceptors (Lipinski definition) is 3. The normalized spacial score (nSPS) is 16.4. The van der Waals surface area contributed by atoms with Crippen LogP contribution in [0.4, 0.5) is 0 Å². The summed E-state index contributed by atoms with van der Waals surface area (Å²) in [5.41, 5.74) is 0.407. The third-order valence-corrected chi connectivity index (χ3v) is 4.32. The summed E-state index contributed by atoms with van der Waals surface area (Å²) >= 11 is 0. The van der Waals surface area contributed by atoms with Gasteiger partial charge in [-0.05, 0) is 18.9 Å². The molecule has 5 heteroatoms. The van der Waals surface area contributed by atoms with Gasteiger partial charge in [0.15, 0.2) is 0 Å². The predicted octanol–water partition coefficient (Wildman–Crippen LogP) is 2.30. The van der Waals surface area contributed by atoms with E-state index in [0.717, 1.165) is 18.2 Å². The van der Waals surface area contributed by atoms with Crippen molar-refractivity contribution in [2.24, 2.45) is 0 Å². The Morgan fingerprint density at radius 2 is 1.82 bits per heavy atom. The van der Waals surface area contributed by atoms with Crippen molar-refractivity contribution >= 4 is 16.7 Å². The SMILES string of the molecule is O=C(Cc1n[nH]c(=O)c2ccccc12)NC1CCCCCC1. The minimum absolute atomic E-state index is 0.0170. The van der Waals surface area contributed by atoms with Crippen LogP contribution in [0.15, 0.2) is 29.1 Å². The molecule has 0 atom stereocenters. The van der Waals surface area contributed by atoms with Crippen LogP contribution in [0.1, 0.15) is 44.2 Å². The summed E-state index contributed by atoms with van der Waals surface area (Å²) in [6, 6.07) is 7.54. The maximum atomic E-state index is 12.3. The van der Waals surface area contributed by atoms with Crippen LogP contribution in [-0.2, 0) is 11.2 Å². The highest BCUT2D eigenvalue weighted by Gasteiger charge is 2.16. The molecule has 1 aromatic carbocycles. The molecule has 1 aliphatic carbocycles. The van der Waals surface area contributed by atoms with E-state index < -0.39 is 0 Å². The van der Waals surface area contributed by atoms with Gasteiger partial charge in [-0.3, -0.25) is 9.59 Å². The van der Waals surface area contributed by atoms with Crippen LogP contribution < -0.4 is 10.9 Å². The summed E-state index contributed by atoms with van der Waals surface area (Å²) in [5, 5.41) is 11.0. The van der Waals surface area contributed by atoms with Crippen molar-refractivity contribution in [1.82, 2.24) is 15.5 Å². The van der Waals surface area contributed by atoms with Crippen LogP contribution >= 0.6 is 0 Å². The maximum Gasteiger partial charge on any atom is 0.272 e. The summed E-state index contributed by atoms with van der Waals surface area (Å²) in [6.07, 6.45) is 7.22. The number of benzene rings is 1. The van der Waals surface area contributed by atoms with Gasteiger partial charge in [0.2, 0.25) is 5.91 Å². The molecule has 1 aromatic heterocycles. The Balaban J connectivity index is 1.74. The van der Waals surface area contributed by atoms with E-state index in [2.05, 4.69) is 15.5 Å². The fraction of sp³-hybridized carbons (Fsp3) is 0.471. The number of rotatable bonds is 3. The average Bonchev–Trinajstić information content (AvgIpc) is 2.79. The lowest BCUT2D eigenvalue weighted by molar-refractivity contribution is -0.121. The lowest BCUT2D eigenvalue weighted by Gasteiger charge is -2.16. The second-order valence-corrected chi connectivity index (χ2v) is 5.98. The quantitative estimate of drug-likeness (QED) is 0.854. The first-order valence-electron chi connectivity index (χ1n) is 8.00. The Kier molecular flexibility index (Phi) is 4.51. The van der Waals surface area contributed by atoms with Gasteiger partial charge in [-0.25, -0.2) is 5.10 Å². The topological polar surface area (TPSA) is 74.8 Å². The zero-order valence-electron chi connectivity index (χ0n) is 12.6. The summed E-state index contributed by atoms with van der Waals surface area (Å²) in [5.74, 6) is -0.0170. The van der Waals surface area contributed by atoms with E-state index >= 15 is 0 Å². The summed E-state index contributed by atoms with van der Waals surface area (Å²) in [7, 11) is 0. The smallest absolute Gasteiger partial charge is 0.272 e. The number of H-pyrrole nitrogens is 1. The van der Waals surface area contributed by atoms with E-state index in [-0.39, 0.29) is 23.9 Å². The molecule has 2 N–H and O–H groups in total. The molecule has 0 spiro atoms. The van der Waals surface area contributed by atoms with Crippen molar-refractivity contribution in [2.45, 2.75) is 51.0 Å². The van der Waals surface area contributed by atoms with Crippen LogP contribution in [0.2, 0.25) is 0 Å². The number of carbonyl (C=O) groups excluding carboxylic acids is 1. The molecule has 2 aromatic rings. The van der Waals surface area contributed by atoms with Gasteiger partial charge < -0.3 is 5.32 Å². The molecular formula is C17H21N3O2.